The van der Waals surface area contributed by atoms with Crippen molar-refractivity contribution in [3.05, 3.63) is 129 Å². The van der Waals surface area contributed by atoms with Crippen molar-refractivity contribution in [1.29, 1.82) is 0 Å². The maximum Gasteiger partial charge on any atom is 0.737 e. The van der Waals surface area contributed by atoms with Crippen LogP contribution in [0.4, 0.5) is 8.63 Å². The molecule has 1 saturated heterocycles. The number of ether oxygens (including phenoxy) is 1. The number of nitrogens with two attached hydrogens (primary N) is 2. The molecule has 0 radical (unpaired) electrons. The van der Waals surface area contributed by atoms with Gasteiger partial charge < -0.3 is 75.7 Å². The Kier molecular flexibility index (Phi) is 22.5. The van der Waals surface area contributed by atoms with Crippen molar-refractivity contribution in [3.8, 4) is 5.75 Å². The van der Waals surface area contributed by atoms with Gasteiger partial charge in [0.15, 0.2) is 11.4 Å². The Morgan fingerprint density at radius 2 is 1.48 bits per heavy atom. The van der Waals surface area contributed by atoms with Crippen molar-refractivity contribution in [2.45, 2.75) is 115 Å². The Morgan fingerprint density at radius 1 is 0.759 bits per heavy atom. The molecule has 83 heavy (non-hydrogen) atoms. The van der Waals surface area contributed by atoms with Crippen LogP contribution in [0.3, 0.4) is 0 Å². The molecule has 2 aromatic heterocycles. The molecule has 7 rings (SSSR count). The number of piperidine rings is 1. The van der Waals surface area contributed by atoms with Gasteiger partial charge in [-0.25, -0.2) is 0 Å². The fourth-order valence-electron chi connectivity index (χ4n) is 10.2. The number of aliphatic hydroxyl groups excluding tert-OH is 1. The number of aryl methyl sites for hydroxylation is 1. The van der Waals surface area contributed by atoms with Crippen LogP contribution in [0.5, 0.6) is 5.75 Å². The highest BCUT2D eigenvalue weighted by Crippen LogP contribution is 2.34. The van der Waals surface area contributed by atoms with E-state index in [1.165, 1.54) is 16.9 Å². The molecular formula is C58H74BF2N11O10S. The average Bonchev–Trinajstić information content (AvgIpc) is 2.67. The van der Waals surface area contributed by atoms with E-state index in [9.17, 15) is 43.5 Å². The third kappa shape index (κ3) is 17.5. The van der Waals surface area contributed by atoms with Crippen molar-refractivity contribution in [2.24, 2.45) is 17.4 Å². The van der Waals surface area contributed by atoms with Crippen LogP contribution in [0.2, 0.25) is 0 Å². The zero-order valence-electron chi connectivity index (χ0n) is 46.7. The second-order valence-electron chi connectivity index (χ2n) is 21.2. The SMILES string of the molecule is CC(C)[C@H](NC(=O)CCN1CCC(Oc2ccccc2Cc2ccccc2)CC1)C(=O)N[C@@H](CO)C(=O)N[C@@H](CC(N)=O)C(=O)NCCC(=O)N[C@@H](CCCCNC(=O)CCc1ccc2n1[B-](F)(F)[N+]1=C(c3cccs3)C=CC1=C2)C(N)=O. The van der Waals surface area contributed by atoms with E-state index < -0.39 is 91.4 Å². The number of thiophene rings is 1. The molecular weight excluding hydrogens is 1090 g/mol. The van der Waals surface area contributed by atoms with Gasteiger partial charge in [-0.2, -0.15) is 0 Å². The lowest BCUT2D eigenvalue weighted by Gasteiger charge is -2.32. The lowest BCUT2D eigenvalue weighted by atomic mass is 9.90. The Hall–Kier alpha value is -8.03. The molecule has 4 atom stereocenters. The van der Waals surface area contributed by atoms with Crippen LogP contribution in [-0.4, -0.2) is 149 Å². The zero-order valence-corrected chi connectivity index (χ0v) is 47.5. The molecule has 25 heteroatoms. The number of halogens is 2. The van der Waals surface area contributed by atoms with Crippen molar-refractivity contribution < 1.29 is 61.3 Å². The van der Waals surface area contributed by atoms with E-state index in [1.807, 2.05) is 41.8 Å². The summed E-state index contributed by atoms with van der Waals surface area (Å²) in [5.74, 6) is -5.52. The second-order valence-corrected chi connectivity index (χ2v) is 22.1. The predicted molar refractivity (Wildman–Crippen MR) is 309 cm³/mol. The molecule has 0 aliphatic carbocycles. The summed E-state index contributed by atoms with van der Waals surface area (Å²) < 4.78 is 40.8. The molecule has 1 fully saturated rings. The number of carbonyl (C=O) groups excluding carboxylic acids is 8. The van der Waals surface area contributed by atoms with E-state index >= 15 is 8.63 Å². The summed E-state index contributed by atoms with van der Waals surface area (Å²) >= 11 is 1.37. The van der Waals surface area contributed by atoms with Gasteiger partial charge in [0.2, 0.25) is 47.3 Å². The number of benzene rings is 2. The van der Waals surface area contributed by atoms with Gasteiger partial charge in [0.1, 0.15) is 36.0 Å². The highest BCUT2D eigenvalue weighted by atomic mass is 32.1. The number of aromatic nitrogens is 1. The number of para-hydroxylation sites is 1. The monoisotopic (exact) mass is 1170 g/mol. The number of rotatable bonds is 31. The summed E-state index contributed by atoms with van der Waals surface area (Å²) in [6.45, 7) is 0.00136. The summed E-state index contributed by atoms with van der Waals surface area (Å²) in [5, 5.41) is 27.2. The number of fused-ring (bicyclic) bond motifs is 2. The maximum atomic E-state index is 16.1. The van der Waals surface area contributed by atoms with Crippen molar-refractivity contribution in [1.82, 2.24) is 41.3 Å². The van der Waals surface area contributed by atoms with E-state index in [2.05, 4.69) is 55.0 Å². The number of amides is 8. The predicted octanol–water partition coefficient (Wildman–Crippen LogP) is 2.40. The maximum absolute atomic E-state index is 16.1. The summed E-state index contributed by atoms with van der Waals surface area (Å²) in [4.78, 5) is 106. The van der Waals surface area contributed by atoms with Crippen LogP contribution in [0, 0.1) is 5.92 Å². The summed E-state index contributed by atoms with van der Waals surface area (Å²) in [6, 6.07) is 19.6. The van der Waals surface area contributed by atoms with E-state index in [0.717, 1.165) is 39.5 Å². The van der Waals surface area contributed by atoms with Gasteiger partial charge >= 0.3 is 6.97 Å². The lowest BCUT2D eigenvalue weighted by molar-refractivity contribution is -0.360. The highest BCUT2D eigenvalue weighted by molar-refractivity contribution is 7.12. The van der Waals surface area contributed by atoms with Gasteiger partial charge in [0, 0.05) is 82.3 Å². The van der Waals surface area contributed by atoms with Gasteiger partial charge in [-0.05, 0) is 90.9 Å². The van der Waals surface area contributed by atoms with Gasteiger partial charge in [0.25, 0.3) is 0 Å². The normalized spacial score (nSPS) is 16.1. The van der Waals surface area contributed by atoms with Gasteiger partial charge in [0.05, 0.1) is 17.9 Å². The smallest absolute Gasteiger partial charge is 0.490 e. The Labute approximate surface area is 484 Å². The minimum Gasteiger partial charge on any atom is -0.490 e. The van der Waals surface area contributed by atoms with E-state index in [1.54, 1.807) is 56.3 Å². The number of carbonyl (C=O) groups is 8. The molecule has 0 spiro atoms. The summed E-state index contributed by atoms with van der Waals surface area (Å²) in [5.41, 5.74) is 14.7. The van der Waals surface area contributed by atoms with Crippen molar-refractivity contribution >= 4 is 77.4 Å². The van der Waals surface area contributed by atoms with Crippen LogP contribution in [0.1, 0.15) is 99.0 Å². The molecule has 5 heterocycles. The lowest BCUT2D eigenvalue weighted by Crippen LogP contribution is -2.59. The molecule has 0 saturated carbocycles. The highest BCUT2D eigenvalue weighted by Gasteiger charge is 2.52. The molecule has 0 bridgehead atoms. The first-order chi connectivity index (χ1) is 39.8. The third-order valence-electron chi connectivity index (χ3n) is 14.7. The first-order valence-electron chi connectivity index (χ1n) is 28.1. The fraction of sp³-hybridized carbons (Fsp3) is 0.431. The van der Waals surface area contributed by atoms with Crippen molar-refractivity contribution in [3.63, 3.8) is 0 Å². The number of nitrogens with one attached hydrogen (secondary N) is 6. The second kappa shape index (κ2) is 29.8. The number of hydrogen-bond acceptors (Lipinski definition) is 12. The topological polar surface area (TPSA) is 301 Å². The summed E-state index contributed by atoms with van der Waals surface area (Å²) in [7, 11) is 0. The van der Waals surface area contributed by atoms with E-state index in [-0.39, 0.29) is 57.2 Å². The molecule has 444 valence electrons. The number of allylic oxidation sites excluding steroid dienone is 2. The Bertz CT molecular complexity index is 3060. The number of hydrogen-bond donors (Lipinski definition) is 9. The number of nitrogens with zero attached hydrogens (tertiary/aromatic N) is 3. The molecule has 3 aliphatic rings. The van der Waals surface area contributed by atoms with Gasteiger partial charge in [-0.1, -0.05) is 68.4 Å². The first-order valence-corrected chi connectivity index (χ1v) is 28.9. The van der Waals surface area contributed by atoms with Crippen LogP contribution in [0.15, 0.2) is 102 Å². The average molecular weight is 1170 g/mol. The molecule has 21 nitrogen and oxygen atoms in total. The minimum absolute atomic E-state index is 0.0150. The first kappa shape index (κ1) is 62.6. The largest absolute Gasteiger partial charge is 0.737 e. The van der Waals surface area contributed by atoms with Gasteiger partial charge in [-0.3, -0.25) is 38.4 Å². The standard InChI is InChI=1S/C58H74BF2N11O10S/c1-37(2)54(69-53(77)26-31-70-29-24-43(25-30-70)82-48-15-7-6-13-39(48)33-38-11-4-3-5-12-38)58(81)68-46(36-73)57(80)67-45(35-50(62)74)56(79)65-28-23-52(76)66-44(55(63)78)14-8-9-27-64-51(75)22-20-40-17-18-41-34-42-19-21-47(49-16-10-32-83-49)72(42)59(60,61)71(40)41/h3-7,10-13,15-19,21,32,34,37,43-46,54,73H,8-9,14,20,22-31,33,35-36H2,1-2H3,(H2,62,74)(H2,63,78)(H,64,75)(H,65,79)(H,66,76)(H,67,80)(H,68,81)(H,69,77)/t44-,45-,46-,54-/m0/s1. The summed E-state index contributed by atoms with van der Waals surface area (Å²) in [6.07, 6.45) is 7.30. The Morgan fingerprint density at radius 3 is 2.18 bits per heavy atom. The van der Waals surface area contributed by atoms with Crippen LogP contribution in [0.25, 0.3) is 6.08 Å². The van der Waals surface area contributed by atoms with Crippen molar-refractivity contribution in [2.75, 3.05) is 39.3 Å². The zero-order chi connectivity index (χ0) is 59.6. The minimum atomic E-state index is -4.24. The van der Waals surface area contributed by atoms with Crippen LogP contribution < -0.4 is 48.1 Å². The van der Waals surface area contributed by atoms with E-state index in [0.29, 0.717) is 60.1 Å². The van der Waals surface area contributed by atoms with Gasteiger partial charge in [-0.15, -0.1) is 11.3 Å². The van der Waals surface area contributed by atoms with Crippen LogP contribution in [-0.2, 0) is 51.2 Å². The molecule has 3 aliphatic heterocycles. The number of unbranched alkanes of at least 4 members (excludes halogenated alkanes) is 1. The number of primary amides is 2. The molecule has 4 aromatic rings. The molecule has 2 aromatic carbocycles. The van der Waals surface area contributed by atoms with E-state index in [4.69, 9.17) is 16.2 Å². The number of aliphatic hydroxyl groups is 1. The molecule has 11 N–H and O–H groups in total. The molecule has 0 unspecified atom stereocenters. The number of likely N-dealkylation sites (tertiary alicyclic amines) is 1. The fourth-order valence-corrected chi connectivity index (χ4v) is 11.0. The third-order valence-corrected chi connectivity index (χ3v) is 15.6. The Balaban J connectivity index is 0.781. The van der Waals surface area contributed by atoms with Crippen LogP contribution >= 0.6 is 11.3 Å². The molecule has 8 amide bonds. The quantitative estimate of drug-likeness (QED) is 0.0260.